The lowest BCUT2D eigenvalue weighted by molar-refractivity contribution is 0.239. The van der Waals surface area contributed by atoms with Gasteiger partial charge in [0.25, 0.3) is 5.56 Å². The summed E-state index contributed by atoms with van der Waals surface area (Å²) in [6.45, 7) is 5.49. The van der Waals surface area contributed by atoms with Crippen LogP contribution in [0, 0.1) is 0 Å². The Hall–Kier alpha value is -2.22. The van der Waals surface area contributed by atoms with E-state index in [1.807, 2.05) is 0 Å². The SMILES string of the molecule is Cn1ncc(N2CCN(CCn3nccn3)CC2)cc1=O. The number of rotatable bonds is 4. The number of anilines is 1. The Balaban J connectivity index is 1.52. The van der Waals surface area contributed by atoms with E-state index in [0.29, 0.717) is 0 Å². The summed E-state index contributed by atoms with van der Waals surface area (Å²) < 4.78 is 1.34. The van der Waals surface area contributed by atoms with Crippen molar-refractivity contribution in [1.82, 2.24) is 29.7 Å². The van der Waals surface area contributed by atoms with Gasteiger partial charge in [0.05, 0.1) is 30.8 Å². The largest absolute Gasteiger partial charge is 0.368 e. The first kappa shape index (κ1) is 13.7. The summed E-state index contributed by atoms with van der Waals surface area (Å²) in [4.78, 5) is 17.9. The molecular formula is C13H19N7O. The van der Waals surface area contributed by atoms with Gasteiger partial charge in [-0.1, -0.05) is 0 Å². The van der Waals surface area contributed by atoms with Crippen molar-refractivity contribution in [2.45, 2.75) is 6.54 Å². The fraction of sp³-hybridized carbons (Fsp3) is 0.538. The van der Waals surface area contributed by atoms with Crippen LogP contribution in [0.15, 0.2) is 29.5 Å². The third kappa shape index (κ3) is 3.27. The van der Waals surface area contributed by atoms with Crippen LogP contribution in [0.5, 0.6) is 0 Å². The van der Waals surface area contributed by atoms with Crippen molar-refractivity contribution in [3.63, 3.8) is 0 Å². The molecule has 1 aliphatic heterocycles. The van der Waals surface area contributed by atoms with E-state index in [4.69, 9.17) is 0 Å². The molecule has 3 rings (SSSR count). The number of aryl methyl sites for hydroxylation is 1. The van der Waals surface area contributed by atoms with Crippen LogP contribution >= 0.6 is 0 Å². The topological polar surface area (TPSA) is 72.1 Å². The first-order chi connectivity index (χ1) is 10.2. The monoisotopic (exact) mass is 289 g/mol. The molecule has 0 bridgehead atoms. The Bertz CT molecular complexity index is 628. The molecule has 0 N–H and O–H groups in total. The Kier molecular flexibility index (Phi) is 3.96. The van der Waals surface area contributed by atoms with Crippen LogP contribution in [0.2, 0.25) is 0 Å². The number of piperazine rings is 1. The molecule has 8 nitrogen and oxygen atoms in total. The third-order valence-electron chi connectivity index (χ3n) is 3.77. The Morgan fingerprint density at radius 3 is 2.43 bits per heavy atom. The summed E-state index contributed by atoms with van der Waals surface area (Å²) in [5, 5.41) is 12.3. The first-order valence-electron chi connectivity index (χ1n) is 7.07. The molecule has 0 atom stereocenters. The van der Waals surface area contributed by atoms with Gasteiger partial charge in [-0.15, -0.1) is 0 Å². The van der Waals surface area contributed by atoms with Gasteiger partial charge in [-0.05, 0) is 0 Å². The van der Waals surface area contributed by atoms with E-state index in [9.17, 15) is 4.79 Å². The Morgan fingerprint density at radius 1 is 1.05 bits per heavy atom. The fourth-order valence-electron chi connectivity index (χ4n) is 2.45. The number of hydrogen-bond acceptors (Lipinski definition) is 6. The molecule has 0 amide bonds. The maximum atomic E-state index is 11.6. The Labute approximate surface area is 122 Å². The highest BCUT2D eigenvalue weighted by molar-refractivity contribution is 5.43. The van der Waals surface area contributed by atoms with E-state index in [1.54, 1.807) is 36.5 Å². The highest BCUT2D eigenvalue weighted by Gasteiger charge is 2.17. The Morgan fingerprint density at radius 2 is 1.76 bits per heavy atom. The van der Waals surface area contributed by atoms with Gasteiger partial charge in [-0.25, -0.2) is 4.68 Å². The molecule has 0 spiro atoms. The molecule has 2 aromatic heterocycles. The van der Waals surface area contributed by atoms with E-state index in [2.05, 4.69) is 25.1 Å². The quantitative estimate of drug-likeness (QED) is 0.733. The molecule has 0 saturated carbocycles. The normalized spacial score (nSPS) is 16.3. The molecule has 0 aromatic carbocycles. The lowest BCUT2D eigenvalue weighted by Crippen LogP contribution is -2.47. The minimum Gasteiger partial charge on any atom is -0.368 e. The molecular weight excluding hydrogens is 270 g/mol. The molecule has 21 heavy (non-hydrogen) atoms. The number of aromatic nitrogens is 5. The second kappa shape index (κ2) is 6.04. The molecule has 0 unspecified atom stereocenters. The number of nitrogens with zero attached hydrogens (tertiary/aromatic N) is 7. The minimum absolute atomic E-state index is 0.0697. The van der Waals surface area contributed by atoms with Crippen LogP contribution < -0.4 is 10.5 Å². The van der Waals surface area contributed by atoms with Crippen molar-refractivity contribution < 1.29 is 0 Å². The molecule has 112 valence electrons. The van der Waals surface area contributed by atoms with Crippen LogP contribution in [0.25, 0.3) is 0 Å². The maximum Gasteiger partial charge on any atom is 0.268 e. The van der Waals surface area contributed by atoms with Gasteiger partial charge in [0.15, 0.2) is 0 Å². The molecule has 2 aromatic rings. The zero-order valence-corrected chi connectivity index (χ0v) is 12.1. The smallest absolute Gasteiger partial charge is 0.268 e. The van der Waals surface area contributed by atoms with Crippen molar-refractivity contribution >= 4 is 5.69 Å². The standard InChI is InChI=1S/C13H19N7O/c1-17-13(21)10-12(11-16-17)19-7-4-18(5-8-19)6-9-20-14-2-3-15-20/h2-3,10-11H,4-9H2,1H3. The average molecular weight is 289 g/mol. The lowest BCUT2D eigenvalue weighted by Gasteiger charge is -2.35. The van der Waals surface area contributed by atoms with E-state index in [0.717, 1.165) is 45.0 Å². The van der Waals surface area contributed by atoms with Crippen LogP contribution in [-0.4, -0.2) is 62.4 Å². The second-order valence-electron chi connectivity index (χ2n) is 5.13. The van der Waals surface area contributed by atoms with Gasteiger partial charge in [-0.3, -0.25) is 9.69 Å². The second-order valence-corrected chi connectivity index (χ2v) is 5.13. The molecule has 1 fully saturated rings. The zero-order chi connectivity index (χ0) is 14.7. The van der Waals surface area contributed by atoms with Gasteiger partial charge in [-0.2, -0.15) is 20.1 Å². The van der Waals surface area contributed by atoms with E-state index < -0.39 is 0 Å². The van der Waals surface area contributed by atoms with E-state index >= 15 is 0 Å². The van der Waals surface area contributed by atoms with Crippen molar-refractivity contribution in [3.8, 4) is 0 Å². The van der Waals surface area contributed by atoms with Crippen LogP contribution in [-0.2, 0) is 13.6 Å². The van der Waals surface area contributed by atoms with Crippen molar-refractivity contribution in [2.75, 3.05) is 37.6 Å². The van der Waals surface area contributed by atoms with Gasteiger partial charge >= 0.3 is 0 Å². The summed E-state index contributed by atoms with van der Waals surface area (Å²) >= 11 is 0. The molecule has 1 aliphatic rings. The van der Waals surface area contributed by atoms with Crippen LogP contribution in [0.4, 0.5) is 5.69 Å². The van der Waals surface area contributed by atoms with Crippen molar-refractivity contribution in [3.05, 3.63) is 35.0 Å². The van der Waals surface area contributed by atoms with Crippen molar-refractivity contribution in [1.29, 1.82) is 0 Å². The summed E-state index contributed by atoms with van der Waals surface area (Å²) in [6, 6.07) is 1.65. The summed E-state index contributed by atoms with van der Waals surface area (Å²) in [5.41, 5.74) is 0.839. The predicted octanol–water partition coefficient (Wildman–Crippen LogP) is -0.806. The maximum absolute atomic E-state index is 11.6. The molecule has 0 radical (unpaired) electrons. The highest BCUT2D eigenvalue weighted by Crippen LogP contribution is 2.12. The van der Waals surface area contributed by atoms with Crippen LogP contribution in [0.1, 0.15) is 0 Å². The van der Waals surface area contributed by atoms with Gasteiger partial charge in [0, 0.05) is 45.8 Å². The molecule has 3 heterocycles. The van der Waals surface area contributed by atoms with E-state index in [-0.39, 0.29) is 5.56 Å². The zero-order valence-electron chi connectivity index (χ0n) is 12.1. The predicted molar refractivity (Wildman–Crippen MR) is 78.2 cm³/mol. The molecule has 8 heteroatoms. The van der Waals surface area contributed by atoms with Crippen molar-refractivity contribution in [2.24, 2.45) is 7.05 Å². The van der Waals surface area contributed by atoms with E-state index in [1.165, 1.54) is 4.68 Å². The van der Waals surface area contributed by atoms with Gasteiger partial charge in [0.1, 0.15) is 0 Å². The average Bonchev–Trinajstić information content (AvgIpc) is 3.02. The van der Waals surface area contributed by atoms with Gasteiger partial charge < -0.3 is 4.90 Å². The third-order valence-corrected chi connectivity index (χ3v) is 3.77. The van der Waals surface area contributed by atoms with Gasteiger partial charge in [0.2, 0.25) is 0 Å². The number of hydrogen-bond donors (Lipinski definition) is 0. The molecule has 1 saturated heterocycles. The van der Waals surface area contributed by atoms with Crippen LogP contribution in [0.3, 0.4) is 0 Å². The summed E-state index contributed by atoms with van der Waals surface area (Å²) in [6.07, 6.45) is 5.15. The minimum atomic E-state index is -0.0697. The first-order valence-corrected chi connectivity index (χ1v) is 7.07. The fourth-order valence-corrected chi connectivity index (χ4v) is 2.45. The highest BCUT2D eigenvalue weighted by atomic mass is 16.1. The molecule has 0 aliphatic carbocycles. The summed E-state index contributed by atoms with van der Waals surface area (Å²) in [7, 11) is 1.66. The summed E-state index contributed by atoms with van der Waals surface area (Å²) in [5.74, 6) is 0. The lowest BCUT2D eigenvalue weighted by atomic mass is 10.3.